The van der Waals surface area contributed by atoms with E-state index in [9.17, 15) is 14.4 Å². The fourth-order valence-electron chi connectivity index (χ4n) is 2.53. The molecule has 1 aromatic rings. The minimum absolute atomic E-state index is 0.0677. The zero-order valence-electron chi connectivity index (χ0n) is 14.3. The van der Waals surface area contributed by atoms with Crippen LogP contribution in [0.5, 0.6) is 0 Å². The van der Waals surface area contributed by atoms with Gasteiger partial charge in [0, 0.05) is 31.8 Å². The van der Waals surface area contributed by atoms with Gasteiger partial charge in [-0.3, -0.25) is 14.4 Å². The molecule has 2 rings (SSSR count). The summed E-state index contributed by atoms with van der Waals surface area (Å²) in [6.45, 7) is 4.99. The van der Waals surface area contributed by atoms with Crippen molar-refractivity contribution in [1.29, 1.82) is 0 Å². The molecule has 0 radical (unpaired) electrons. The lowest BCUT2D eigenvalue weighted by Gasteiger charge is -2.16. The number of para-hydroxylation sites is 2. The molecule has 0 spiro atoms. The Bertz CT molecular complexity index is 615. The van der Waals surface area contributed by atoms with Gasteiger partial charge in [-0.25, -0.2) is 0 Å². The SMILES string of the molecule is CCC(C)C(=O)Nc1ccccc1NC(=O)CCN1CCCC1=O. The van der Waals surface area contributed by atoms with Crippen molar-refractivity contribution in [3.8, 4) is 0 Å². The Balaban J connectivity index is 1.92. The molecule has 24 heavy (non-hydrogen) atoms. The number of rotatable bonds is 7. The van der Waals surface area contributed by atoms with E-state index in [1.807, 2.05) is 19.9 Å². The maximum absolute atomic E-state index is 12.1. The normalized spacial score (nSPS) is 15.2. The number of hydrogen-bond donors (Lipinski definition) is 2. The summed E-state index contributed by atoms with van der Waals surface area (Å²) in [7, 11) is 0. The molecular formula is C18H25N3O3. The van der Waals surface area contributed by atoms with Gasteiger partial charge in [0.1, 0.15) is 0 Å². The first kappa shape index (κ1) is 18.0. The second kappa shape index (κ2) is 8.47. The van der Waals surface area contributed by atoms with E-state index in [2.05, 4.69) is 10.6 Å². The summed E-state index contributed by atoms with van der Waals surface area (Å²) in [5.74, 6) is -0.208. The van der Waals surface area contributed by atoms with Crippen molar-refractivity contribution in [2.24, 2.45) is 5.92 Å². The van der Waals surface area contributed by atoms with Gasteiger partial charge >= 0.3 is 0 Å². The fraction of sp³-hybridized carbons (Fsp3) is 0.500. The molecule has 1 fully saturated rings. The second-order valence-corrected chi connectivity index (χ2v) is 6.13. The third-order valence-electron chi connectivity index (χ3n) is 4.30. The molecule has 6 heteroatoms. The quantitative estimate of drug-likeness (QED) is 0.806. The Morgan fingerprint density at radius 1 is 1.21 bits per heavy atom. The summed E-state index contributed by atoms with van der Waals surface area (Å²) in [6.07, 6.45) is 2.45. The molecule has 1 aliphatic heterocycles. The number of carbonyl (C=O) groups is 3. The lowest BCUT2D eigenvalue weighted by Crippen LogP contribution is -2.29. The second-order valence-electron chi connectivity index (χ2n) is 6.13. The number of nitrogens with one attached hydrogen (secondary N) is 2. The Labute approximate surface area is 142 Å². The highest BCUT2D eigenvalue weighted by Crippen LogP contribution is 2.22. The van der Waals surface area contributed by atoms with Crippen LogP contribution in [0.4, 0.5) is 11.4 Å². The molecule has 0 aliphatic carbocycles. The van der Waals surface area contributed by atoms with Gasteiger partial charge in [-0.15, -0.1) is 0 Å². The van der Waals surface area contributed by atoms with E-state index in [-0.39, 0.29) is 30.1 Å². The van der Waals surface area contributed by atoms with Crippen molar-refractivity contribution in [3.63, 3.8) is 0 Å². The van der Waals surface area contributed by atoms with Crippen molar-refractivity contribution < 1.29 is 14.4 Å². The Kier molecular flexibility index (Phi) is 6.35. The number of benzene rings is 1. The van der Waals surface area contributed by atoms with E-state index in [1.165, 1.54) is 0 Å². The highest BCUT2D eigenvalue weighted by atomic mass is 16.2. The van der Waals surface area contributed by atoms with Crippen LogP contribution in [-0.4, -0.2) is 35.7 Å². The maximum atomic E-state index is 12.1. The number of carbonyl (C=O) groups excluding carboxylic acids is 3. The van der Waals surface area contributed by atoms with Crippen LogP contribution in [0.2, 0.25) is 0 Å². The summed E-state index contributed by atoms with van der Waals surface area (Å²) >= 11 is 0. The first-order valence-corrected chi connectivity index (χ1v) is 8.48. The Hall–Kier alpha value is -2.37. The average Bonchev–Trinajstić information content (AvgIpc) is 2.99. The van der Waals surface area contributed by atoms with Gasteiger partial charge in [-0.1, -0.05) is 26.0 Å². The molecule has 1 saturated heterocycles. The largest absolute Gasteiger partial charge is 0.342 e. The Morgan fingerprint density at radius 3 is 2.46 bits per heavy atom. The summed E-state index contributed by atoms with van der Waals surface area (Å²) in [4.78, 5) is 37.5. The van der Waals surface area contributed by atoms with Gasteiger partial charge in [0.25, 0.3) is 0 Å². The zero-order valence-corrected chi connectivity index (χ0v) is 14.3. The van der Waals surface area contributed by atoms with E-state index in [0.29, 0.717) is 24.3 Å². The number of likely N-dealkylation sites (tertiary alicyclic amines) is 1. The standard InChI is InChI=1S/C18H25N3O3/c1-3-13(2)18(24)20-15-8-5-4-7-14(15)19-16(22)10-12-21-11-6-9-17(21)23/h4-5,7-8,13H,3,6,9-12H2,1-2H3,(H,19,22)(H,20,24). The van der Waals surface area contributed by atoms with Gasteiger partial charge in [0.05, 0.1) is 11.4 Å². The van der Waals surface area contributed by atoms with Crippen LogP contribution in [0.15, 0.2) is 24.3 Å². The van der Waals surface area contributed by atoms with Crippen LogP contribution in [0.1, 0.15) is 39.5 Å². The van der Waals surface area contributed by atoms with Gasteiger partial charge < -0.3 is 15.5 Å². The molecule has 3 amide bonds. The fourth-order valence-corrected chi connectivity index (χ4v) is 2.53. The van der Waals surface area contributed by atoms with Crippen LogP contribution < -0.4 is 10.6 Å². The molecule has 1 aliphatic rings. The van der Waals surface area contributed by atoms with Crippen LogP contribution in [-0.2, 0) is 14.4 Å². The molecule has 0 saturated carbocycles. The third kappa shape index (κ3) is 4.81. The predicted molar refractivity (Wildman–Crippen MR) is 93.6 cm³/mol. The summed E-state index contributed by atoms with van der Waals surface area (Å²) in [5, 5.41) is 5.67. The van der Waals surface area contributed by atoms with Crippen molar-refractivity contribution in [2.75, 3.05) is 23.7 Å². The van der Waals surface area contributed by atoms with Gasteiger partial charge in [-0.2, -0.15) is 0 Å². The molecular weight excluding hydrogens is 306 g/mol. The monoisotopic (exact) mass is 331 g/mol. The molecule has 1 unspecified atom stereocenters. The number of nitrogens with zero attached hydrogens (tertiary/aromatic N) is 1. The lowest BCUT2D eigenvalue weighted by atomic mass is 10.1. The molecule has 130 valence electrons. The van der Waals surface area contributed by atoms with Crippen LogP contribution in [0.25, 0.3) is 0 Å². The minimum atomic E-state index is -0.167. The van der Waals surface area contributed by atoms with Crippen molar-refractivity contribution in [3.05, 3.63) is 24.3 Å². The van der Waals surface area contributed by atoms with E-state index >= 15 is 0 Å². The van der Waals surface area contributed by atoms with Gasteiger partial charge in [-0.05, 0) is 25.0 Å². The van der Waals surface area contributed by atoms with E-state index in [0.717, 1.165) is 19.4 Å². The van der Waals surface area contributed by atoms with E-state index in [4.69, 9.17) is 0 Å². The molecule has 1 aromatic carbocycles. The highest BCUT2D eigenvalue weighted by molar-refractivity contribution is 6.00. The number of amides is 3. The molecule has 6 nitrogen and oxygen atoms in total. The predicted octanol–water partition coefficient (Wildman–Crippen LogP) is 2.62. The molecule has 0 aromatic heterocycles. The molecule has 0 bridgehead atoms. The van der Waals surface area contributed by atoms with Crippen molar-refractivity contribution >= 4 is 29.1 Å². The van der Waals surface area contributed by atoms with Crippen molar-refractivity contribution in [2.45, 2.75) is 39.5 Å². The summed E-state index contributed by atoms with van der Waals surface area (Å²) < 4.78 is 0. The third-order valence-corrected chi connectivity index (χ3v) is 4.30. The lowest BCUT2D eigenvalue weighted by molar-refractivity contribution is -0.128. The summed E-state index contributed by atoms with van der Waals surface area (Å²) in [5.41, 5.74) is 1.17. The zero-order chi connectivity index (χ0) is 17.5. The number of anilines is 2. The molecule has 1 atom stereocenters. The van der Waals surface area contributed by atoms with Gasteiger partial charge in [0.15, 0.2) is 0 Å². The van der Waals surface area contributed by atoms with E-state index in [1.54, 1.807) is 23.1 Å². The van der Waals surface area contributed by atoms with Crippen LogP contribution in [0, 0.1) is 5.92 Å². The van der Waals surface area contributed by atoms with E-state index < -0.39 is 0 Å². The minimum Gasteiger partial charge on any atom is -0.342 e. The maximum Gasteiger partial charge on any atom is 0.227 e. The first-order valence-electron chi connectivity index (χ1n) is 8.48. The smallest absolute Gasteiger partial charge is 0.227 e. The van der Waals surface area contributed by atoms with Crippen LogP contribution in [0.3, 0.4) is 0 Å². The highest BCUT2D eigenvalue weighted by Gasteiger charge is 2.20. The summed E-state index contributed by atoms with van der Waals surface area (Å²) in [6, 6.07) is 7.13. The van der Waals surface area contributed by atoms with Gasteiger partial charge in [0.2, 0.25) is 17.7 Å². The average molecular weight is 331 g/mol. The van der Waals surface area contributed by atoms with Crippen molar-refractivity contribution in [1.82, 2.24) is 4.90 Å². The Morgan fingerprint density at radius 2 is 1.88 bits per heavy atom. The molecule has 1 heterocycles. The number of hydrogen-bond acceptors (Lipinski definition) is 3. The topological polar surface area (TPSA) is 78.5 Å². The molecule has 2 N–H and O–H groups in total. The van der Waals surface area contributed by atoms with Crippen LogP contribution >= 0.6 is 0 Å². The first-order chi connectivity index (χ1) is 11.5.